The molecule has 0 aromatic heterocycles. The molecule has 48 heteroatoms. The van der Waals surface area contributed by atoms with E-state index in [1.807, 2.05) is 0 Å². The Kier molecular flexibility index (Phi) is 36.9. The summed E-state index contributed by atoms with van der Waals surface area (Å²) in [6, 6.07) is 47.5. The largest absolute Gasteiger partial charge is 0.504 e. The molecule has 0 atom stereocenters. The van der Waals surface area contributed by atoms with Crippen molar-refractivity contribution in [3.8, 4) is 0 Å². The smallest absolute Gasteiger partial charge is 0.360 e. The lowest BCUT2D eigenvalue weighted by Crippen LogP contribution is -2.45. The summed E-state index contributed by atoms with van der Waals surface area (Å²) in [5.74, 6) is -0.850. The van der Waals surface area contributed by atoms with Crippen LogP contribution in [0.25, 0.3) is 33.2 Å². The number of Topliss-reactive ketones (excluding diaryl/α,β-unsaturated/α-hetero) is 1. The number of sulfone groups is 11. The van der Waals surface area contributed by atoms with Gasteiger partial charge in [0.1, 0.15) is 0 Å². The van der Waals surface area contributed by atoms with E-state index < -0.39 is 161 Å². The molecule has 2 saturated carbocycles. The molecular weight excluding hydrogens is 1910 g/mol. The van der Waals surface area contributed by atoms with Gasteiger partial charge in [-0.3, -0.25) is 4.79 Å². The topological polar surface area (TPSA) is 611 Å². The average molecular weight is 2000 g/mol. The summed E-state index contributed by atoms with van der Waals surface area (Å²) < 4.78 is 264. The van der Waals surface area contributed by atoms with Crippen molar-refractivity contribution in [2.24, 2.45) is 0 Å². The maximum absolute atomic E-state index is 12.8. The zero-order valence-corrected chi connectivity index (χ0v) is 79.9. The Morgan fingerprint density at radius 2 is 0.559 bits per heavy atom. The Morgan fingerprint density at radius 1 is 0.307 bits per heavy atom. The van der Waals surface area contributed by atoms with Crippen LogP contribution >= 0.6 is 23.2 Å². The first-order valence-corrected chi connectivity index (χ1v) is 54.4. The van der Waals surface area contributed by atoms with Crippen molar-refractivity contribution >= 4 is 164 Å². The predicted molar refractivity (Wildman–Crippen MR) is 480 cm³/mol. The summed E-state index contributed by atoms with van der Waals surface area (Å²) in [4.78, 5) is 25.9. The van der Waals surface area contributed by atoms with Gasteiger partial charge in [0.25, 0.3) is 114 Å². The lowest BCUT2D eigenvalue weighted by atomic mass is 10.0. The van der Waals surface area contributed by atoms with E-state index in [-0.39, 0.29) is 52.7 Å². The Bertz CT molecular complexity index is 6860. The number of ketones is 1. The summed E-state index contributed by atoms with van der Waals surface area (Å²) in [5.41, 5.74) is 56.5. The first kappa shape index (κ1) is 107. The highest BCUT2D eigenvalue weighted by Crippen LogP contribution is 2.33. The first-order valence-electron chi connectivity index (χ1n) is 37.2. The average Bonchev–Trinajstić information content (AvgIpc) is 0.743. The van der Waals surface area contributed by atoms with Gasteiger partial charge in [-0.15, -0.1) is 28.7 Å². The lowest BCUT2D eigenvalue weighted by Gasteiger charge is -2.22. The molecule has 0 unspecified atom stereocenters. The molecule has 0 spiro atoms. The molecular formula is C79H90Cl2N12O23S11. The summed E-state index contributed by atoms with van der Waals surface area (Å²) in [6.07, 6.45) is 6.79. The van der Waals surface area contributed by atoms with Crippen molar-refractivity contribution in [1.82, 2.24) is 0 Å². The minimum absolute atomic E-state index is 0. The quantitative estimate of drug-likeness (QED) is 0.0381. The van der Waals surface area contributed by atoms with Crippen LogP contribution in [0.1, 0.15) is 141 Å². The van der Waals surface area contributed by atoms with Crippen molar-refractivity contribution in [2.75, 3.05) is 0 Å². The Balaban J connectivity index is 0.000000399. The maximum atomic E-state index is 12.8. The normalized spacial score (nSPS) is 13.7. The fourth-order valence-corrected chi connectivity index (χ4v) is 32.4. The molecule has 8 aromatic rings. The Hall–Kier alpha value is -10.3. The summed E-state index contributed by atoms with van der Waals surface area (Å²) in [7, 11) is -47.8. The predicted octanol–water partition coefficient (Wildman–Crippen LogP) is 12.6. The summed E-state index contributed by atoms with van der Waals surface area (Å²) in [6.45, 7) is 14.7. The fraction of sp³-hybridized carbons (Fsp3) is 0.304. The van der Waals surface area contributed by atoms with Crippen LogP contribution in [0.3, 0.4) is 0 Å². The molecule has 0 bridgehead atoms. The van der Waals surface area contributed by atoms with Crippen molar-refractivity contribution in [2.45, 2.75) is 188 Å². The molecule has 127 heavy (non-hydrogen) atoms. The van der Waals surface area contributed by atoms with Crippen LogP contribution in [-0.4, -0.2) is 174 Å². The van der Waals surface area contributed by atoms with E-state index in [2.05, 4.69) is 28.7 Å². The second-order valence-electron chi connectivity index (χ2n) is 29.7. The van der Waals surface area contributed by atoms with Gasteiger partial charge < -0.3 is 33.2 Å². The SMILES string of the molecule is CC(C)(C)S(=O)(=O)C(=[N+]=[N-])S(=O)(=O)C(C)(C)C.Cc1ccc(S(=O)(=O)C(=[N+]=[N-])S(=O)(=O)c2ccc(C)cc2C)c(C)c1.[HH].[HH].[N-]=[N+]=C(C(=O)c1ccccc1)S(=O)(=O)c1ccccc1.[N-]=[N+]=C(S(=O)(=O)C1CCCCC1)S(=O)(=O)C1CCCCC1.[N-]=[N+]=C(S(=O)(=O)c1ccc(Cl)cc1)S(=O)(=O)c1ccc(Cl)cc1.[N-]=[N+]=C(S(=O)(=O)c1ccccc1)S(=O)(=O)c1ccccc1. The van der Waals surface area contributed by atoms with E-state index in [4.69, 9.17) is 50.9 Å². The van der Waals surface area contributed by atoms with Crippen LogP contribution in [0.2, 0.25) is 10.0 Å². The second kappa shape index (κ2) is 43.7. The van der Waals surface area contributed by atoms with Crippen molar-refractivity contribution in [1.29, 1.82) is 0 Å². The molecule has 8 aromatic carbocycles. The summed E-state index contributed by atoms with van der Waals surface area (Å²) >= 11 is 11.3. The third-order valence-electron chi connectivity index (χ3n) is 18.6. The van der Waals surface area contributed by atoms with Gasteiger partial charge in [-0.1, -0.05) is 182 Å². The van der Waals surface area contributed by atoms with Gasteiger partial charge in [-0.2, -0.15) is 0 Å². The number of halogens is 2. The Morgan fingerprint density at radius 3 is 0.811 bits per heavy atom. The monoisotopic (exact) mass is 2000 g/mol. The number of hydrogen-bond donors (Lipinski definition) is 0. The highest BCUT2D eigenvalue weighted by molar-refractivity contribution is 8.33. The lowest BCUT2D eigenvalue weighted by molar-refractivity contribution is -0.00162. The number of nitrogens with zero attached hydrogens (tertiary/aromatic N) is 12. The van der Waals surface area contributed by atoms with Crippen LogP contribution in [0.5, 0.6) is 0 Å². The van der Waals surface area contributed by atoms with Gasteiger partial charge >= 0.3 is 26.9 Å². The standard InChI is InChI=1S/C17H18N2O4S2.C14H10N2O3S.C13H8Cl2N2O4S2.C13H22N2O4S2.C13H10N2O4S2.C9H18N2O4S2.2H2/c1-11-5-7-15(13(3)9-11)24(20,21)17(19-18)25(22,23)16-8-6-12(2)10-14(16)4;15-16-14(13(17)11-7-3-1-4-8-11)20(18,19)12-9-5-2-6-10-12;14-9-1-5-11(6-2-9)22(18,19)13(17-16)23(20,21)12-7-3-10(15)4-8-12;2*14-15-13(20(16,17)11-7-3-1-4-8-11)21(18,19)12-9-5-2-6-10-12;1-8(2,3)16(12,13)7(11-10)17(14,15)9(4,5)6;;/h5-10H,1-4H3;1-10H;1-8H;11-12H,1-10H2;1-10H;1-6H3;2*1H. The highest BCUT2D eigenvalue weighted by Gasteiger charge is 2.55. The number of benzene rings is 8. The highest BCUT2D eigenvalue weighted by atomic mass is 35.5. The van der Waals surface area contributed by atoms with E-state index in [9.17, 15) is 103 Å². The molecule has 0 aliphatic heterocycles. The molecule has 0 heterocycles. The van der Waals surface area contributed by atoms with E-state index in [0.717, 1.165) is 73.9 Å². The van der Waals surface area contributed by atoms with Crippen LogP contribution in [0.4, 0.5) is 0 Å². The minimum Gasteiger partial charge on any atom is -0.360 e. The molecule has 2 fully saturated rings. The second-order valence-corrected chi connectivity index (χ2v) is 54.4. The van der Waals surface area contributed by atoms with Gasteiger partial charge in [-0.05, 0) is 203 Å². The maximum Gasteiger partial charge on any atom is 0.504 e. The molecule has 35 nitrogen and oxygen atoms in total. The zero-order chi connectivity index (χ0) is 96.1. The first-order chi connectivity index (χ1) is 58.8. The third-order valence-corrected chi connectivity index (χ3v) is 44.4. The number of aryl methyl sites for hydroxylation is 4. The fourth-order valence-electron chi connectivity index (χ4n) is 11.7. The summed E-state index contributed by atoms with van der Waals surface area (Å²) in [5, 5.41) is -1.81. The van der Waals surface area contributed by atoms with E-state index >= 15 is 0 Å². The van der Waals surface area contributed by atoms with Gasteiger partial charge in [0.15, 0.2) is 0 Å². The van der Waals surface area contributed by atoms with Crippen LogP contribution in [-0.2, 0) is 108 Å². The molecule has 0 radical (unpaired) electrons. The minimum atomic E-state index is -4.56. The number of hydrogen-bond acceptors (Lipinski definition) is 23. The van der Waals surface area contributed by atoms with E-state index in [1.54, 1.807) is 88.4 Å². The number of carbonyl (C=O) groups is 1. The van der Waals surface area contributed by atoms with Gasteiger partial charge in [0.05, 0.1) is 54.3 Å². The third kappa shape index (κ3) is 25.6. The van der Waals surface area contributed by atoms with Gasteiger partial charge in [0, 0.05) is 18.5 Å². The van der Waals surface area contributed by atoms with Crippen LogP contribution in [0, 0.1) is 27.7 Å². The van der Waals surface area contributed by atoms with E-state index in [0.29, 0.717) is 36.8 Å². The van der Waals surface area contributed by atoms with Crippen molar-refractivity contribution in [3.05, 3.63) is 277 Å². The molecule has 10 rings (SSSR count). The van der Waals surface area contributed by atoms with Crippen molar-refractivity contribution in [3.63, 3.8) is 0 Å². The molecule has 0 N–H and O–H groups in total. The zero-order valence-electron chi connectivity index (χ0n) is 69.4. The Labute approximate surface area is 751 Å². The molecule has 684 valence electrons. The number of carbonyl (C=O) groups excluding carboxylic acids is 1. The molecule has 0 saturated heterocycles. The van der Waals surface area contributed by atoms with Crippen molar-refractivity contribution < 1.29 is 129 Å². The van der Waals surface area contributed by atoms with Crippen LogP contribution < -0.4 is 0 Å². The number of rotatable bonds is 11. The molecule has 2 aliphatic carbocycles. The van der Waals surface area contributed by atoms with Gasteiger partial charge in [-0.25, -0.2) is 92.6 Å². The van der Waals surface area contributed by atoms with E-state index in [1.165, 1.54) is 163 Å². The van der Waals surface area contributed by atoms with Crippen LogP contribution in [0.15, 0.2) is 241 Å². The van der Waals surface area contributed by atoms with Gasteiger partial charge in [0.2, 0.25) is 0 Å². The molecule has 2 aliphatic rings. The molecule has 0 amide bonds.